The van der Waals surface area contributed by atoms with E-state index in [1.165, 1.54) is 12.1 Å². The van der Waals surface area contributed by atoms with E-state index in [9.17, 15) is 14.0 Å². The zero-order chi connectivity index (χ0) is 21.0. The molecule has 2 heterocycles. The first-order valence-electron chi connectivity index (χ1n) is 10.2. The molecule has 6 nitrogen and oxygen atoms in total. The van der Waals surface area contributed by atoms with Gasteiger partial charge in [0.25, 0.3) is 0 Å². The quantitative estimate of drug-likeness (QED) is 0.808. The zero-order valence-electron chi connectivity index (χ0n) is 17.3. The van der Waals surface area contributed by atoms with Crippen molar-refractivity contribution in [1.29, 1.82) is 0 Å². The van der Waals surface area contributed by atoms with Crippen LogP contribution in [0.4, 0.5) is 9.18 Å². The zero-order valence-corrected chi connectivity index (χ0v) is 17.3. The molecule has 1 aromatic heterocycles. The normalized spacial score (nSPS) is 15.9. The molecule has 1 unspecified atom stereocenters. The summed E-state index contributed by atoms with van der Waals surface area (Å²) in [6.07, 6.45) is 2.83. The number of rotatable bonds is 6. The molecule has 1 N–H and O–H groups in total. The van der Waals surface area contributed by atoms with Crippen LogP contribution in [0, 0.1) is 5.82 Å². The van der Waals surface area contributed by atoms with Gasteiger partial charge in [0.15, 0.2) is 0 Å². The third-order valence-electron chi connectivity index (χ3n) is 5.26. The minimum Gasteiger partial charge on any atom is -0.348 e. The number of aromatic nitrogens is 1. The Bertz CT molecular complexity index is 847. The molecule has 1 aliphatic heterocycles. The van der Waals surface area contributed by atoms with Gasteiger partial charge in [0.2, 0.25) is 5.91 Å². The Labute approximate surface area is 171 Å². The van der Waals surface area contributed by atoms with Crippen molar-refractivity contribution < 1.29 is 14.0 Å². The fraction of sp³-hybridized carbons (Fsp3) is 0.455. The van der Waals surface area contributed by atoms with E-state index in [-0.39, 0.29) is 36.4 Å². The van der Waals surface area contributed by atoms with Crippen LogP contribution in [0.15, 0.2) is 42.6 Å². The molecule has 0 bridgehead atoms. The summed E-state index contributed by atoms with van der Waals surface area (Å²) in [5.41, 5.74) is 1.84. The van der Waals surface area contributed by atoms with Gasteiger partial charge >= 0.3 is 6.03 Å². The number of amides is 3. The second-order valence-electron chi connectivity index (χ2n) is 7.62. The molecule has 7 heteroatoms. The number of fused-ring (bicyclic) bond motifs is 1. The molecule has 2 aromatic rings. The van der Waals surface area contributed by atoms with E-state index in [0.29, 0.717) is 19.6 Å². The van der Waals surface area contributed by atoms with E-state index >= 15 is 0 Å². The van der Waals surface area contributed by atoms with Crippen LogP contribution in [-0.2, 0) is 11.3 Å². The standard InChI is InChI=1S/C22H29FN4O2/c1-4-11-24-22(29)27(16(2)3)15-20(28)26-14-13-25-12-5-6-19(25)21(26)17-7-9-18(23)10-8-17/h5-10,12,16,21H,4,11,13-15H2,1-3H3,(H,24,29). The number of nitrogens with one attached hydrogen (secondary N) is 1. The number of benzene rings is 1. The highest BCUT2D eigenvalue weighted by molar-refractivity contribution is 5.85. The molecule has 156 valence electrons. The molecule has 3 amide bonds. The van der Waals surface area contributed by atoms with Crippen molar-refractivity contribution in [3.63, 3.8) is 0 Å². The molecule has 0 fully saturated rings. The van der Waals surface area contributed by atoms with Crippen LogP contribution in [0.2, 0.25) is 0 Å². The number of hydrogen-bond acceptors (Lipinski definition) is 2. The molecular weight excluding hydrogens is 371 g/mol. The third kappa shape index (κ3) is 4.60. The van der Waals surface area contributed by atoms with Crippen LogP contribution in [0.25, 0.3) is 0 Å². The third-order valence-corrected chi connectivity index (χ3v) is 5.26. The molecule has 0 aliphatic carbocycles. The highest BCUT2D eigenvalue weighted by Gasteiger charge is 2.33. The van der Waals surface area contributed by atoms with Crippen molar-refractivity contribution in [3.8, 4) is 0 Å². The molecule has 3 rings (SSSR count). The molecule has 1 atom stereocenters. The van der Waals surface area contributed by atoms with Crippen molar-refractivity contribution >= 4 is 11.9 Å². The highest BCUT2D eigenvalue weighted by Crippen LogP contribution is 2.32. The molecule has 0 saturated heterocycles. The van der Waals surface area contributed by atoms with Gasteiger partial charge in [0, 0.05) is 37.6 Å². The summed E-state index contributed by atoms with van der Waals surface area (Å²) in [5, 5.41) is 2.85. The van der Waals surface area contributed by atoms with Crippen LogP contribution in [0.5, 0.6) is 0 Å². The first-order chi connectivity index (χ1) is 13.9. The number of carbonyl (C=O) groups excluding carboxylic acids is 2. The second-order valence-corrected chi connectivity index (χ2v) is 7.62. The van der Waals surface area contributed by atoms with Crippen molar-refractivity contribution in [3.05, 3.63) is 59.7 Å². The van der Waals surface area contributed by atoms with Gasteiger partial charge in [-0.15, -0.1) is 0 Å². The van der Waals surface area contributed by atoms with Gasteiger partial charge in [-0.3, -0.25) is 4.79 Å². The summed E-state index contributed by atoms with van der Waals surface area (Å²) >= 11 is 0. The van der Waals surface area contributed by atoms with Crippen molar-refractivity contribution in [2.24, 2.45) is 0 Å². The minimum atomic E-state index is -0.309. The van der Waals surface area contributed by atoms with Crippen molar-refractivity contribution in [1.82, 2.24) is 19.7 Å². The van der Waals surface area contributed by atoms with Gasteiger partial charge in [-0.05, 0) is 50.1 Å². The van der Waals surface area contributed by atoms with Gasteiger partial charge in [0.05, 0.1) is 6.04 Å². The Morgan fingerprint density at radius 2 is 1.93 bits per heavy atom. The fourth-order valence-corrected chi connectivity index (χ4v) is 3.71. The maximum Gasteiger partial charge on any atom is 0.318 e. The molecule has 0 spiro atoms. The molecular formula is C22H29FN4O2. The molecule has 1 aliphatic rings. The number of hydrogen-bond donors (Lipinski definition) is 1. The summed E-state index contributed by atoms with van der Waals surface area (Å²) in [6, 6.07) is 9.58. The average molecular weight is 400 g/mol. The number of carbonyl (C=O) groups is 2. The predicted octanol–water partition coefficient (Wildman–Crippen LogP) is 3.39. The van der Waals surface area contributed by atoms with E-state index in [1.54, 1.807) is 21.9 Å². The summed E-state index contributed by atoms with van der Waals surface area (Å²) in [7, 11) is 0. The lowest BCUT2D eigenvalue weighted by atomic mass is 9.99. The molecule has 0 saturated carbocycles. The van der Waals surface area contributed by atoms with Crippen molar-refractivity contribution in [2.45, 2.75) is 45.8 Å². The minimum absolute atomic E-state index is 0.00557. The lowest BCUT2D eigenvalue weighted by Gasteiger charge is -2.39. The Hall–Kier alpha value is -2.83. The Morgan fingerprint density at radius 1 is 1.21 bits per heavy atom. The van der Waals surface area contributed by atoms with Crippen LogP contribution < -0.4 is 5.32 Å². The first-order valence-corrected chi connectivity index (χ1v) is 10.2. The van der Waals surface area contributed by atoms with Crippen LogP contribution in [0.1, 0.15) is 44.5 Å². The number of nitrogens with zero attached hydrogens (tertiary/aromatic N) is 3. The van der Waals surface area contributed by atoms with E-state index in [1.807, 2.05) is 39.1 Å². The summed E-state index contributed by atoms with van der Waals surface area (Å²) in [6.45, 7) is 7.59. The van der Waals surface area contributed by atoms with Crippen LogP contribution >= 0.6 is 0 Å². The summed E-state index contributed by atoms with van der Waals surface area (Å²) < 4.78 is 15.6. The monoisotopic (exact) mass is 400 g/mol. The van der Waals surface area contributed by atoms with E-state index < -0.39 is 0 Å². The summed E-state index contributed by atoms with van der Waals surface area (Å²) in [4.78, 5) is 29.2. The SMILES string of the molecule is CCCNC(=O)N(CC(=O)N1CCn2cccc2C1c1ccc(F)cc1)C(C)C. The lowest BCUT2D eigenvalue weighted by Crippen LogP contribution is -2.52. The molecule has 1 aromatic carbocycles. The van der Waals surface area contributed by atoms with Gasteiger partial charge in [0.1, 0.15) is 12.4 Å². The summed E-state index contributed by atoms with van der Waals surface area (Å²) in [5.74, 6) is -0.427. The average Bonchev–Trinajstić information content (AvgIpc) is 3.18. The predicted molar refractivity (Wildman–Crippen MR) is 110 cm³/mol. The maximum atomic E-state index is 13.5. The Kier molecular flexibility index (Phi) is 6.56. The molecule has 29 heavy (non-hydrogen) atoms. The Morgan fingerprint density at radius 3 is 2.59 bits per heavy atom. The maximum absolute atomic E-state index is 13.5. The van der Waals surface area contributed by atoms with E-state index in [2.05, 4.69) is 9.88 Å². The fourth-order valence-electron chi connectivity index (χ4n) is 3.71. The molecule has 0 radical (unpaired) electrons. The first kappa shape index (κ1) is 20.9. The highest BCUT2D eigenvalue weighted by atomic mass is 19.1. The largest absolute Gasteiger partial charge is 0.348 e. The van der Waals surface area contributed by atoms with Crippen LogP contribution in [-0.4, -0.2) is 52.0 Å². The number of urea groups is 1. The van der Waals surface area contributed by atoms with Gasteiger partial charge in [-0.2, -0.15) is 0 Å². The van der Waals surface area contributed by atoms with E-state index in [0.717, 1.165) is 17.7 Å². The van der Waals surface area contributed by atoms with Crippen LogP contribution in [0.3, 0.4) is 0 Å². The van der Waals surface area contributed by atoms with Gasteiger partial charge < -0.3 is 19.7 Å². The van der Waals surface area contributed by atoms with Gasteiger partial charge in [-0.1, -0.05) is 19.1 Å². The van der Waals surface area contributed by atoms with Gasteiger partial charge in [-0.25, -0.2) is 9.18 Å². The Balaban J connectivity index is 1.85. The second kappa shape index (κ2) is 9.11. The topological polar surface area (TPSA) is 57.6 Å². The smallest absolute Gasteiger partial charge is 0.318 e. The van der Waals surface area contributed by atoms with E-state index in [4.69, 9.17) is 0 Å². The lowest BCUT2D eigenvalue weighted by molar-refractivity contribution is -0.134. The number of halogens is 1. The van der Waals surface area contributed by atoms with Crippen molar-refractivity contribution in [2.75, 3.05) is 19.6 Å².